The highest BCUT2D eigenvalue weighted by Crippen LogP contribution is 2.31. The van der Waals surface area contributed by atoms with Gasteiger partial charge in [0.2, 0.25) is 0 Å². The fourth-order valence-electron chi connectivity index (χ4n) is 2.24. The lowest BCUT2D eigenvalue weighted by atomic mass is 9.90. The Hall–Kier alpha value is -1.75. The molecule has 1 rings (SSSR count). The SMILES string of the molecule is CCOc1cc(OCC)cc(C(C)CC(CN)C(=O)O)c1. The van der Waals surface area contributed by atoms with Gasteiger partial charge in [-0.1, -0.05) is 6.92 Å². The van der Waals surface area contributed by atoms with Crippen molar-refractivity contribution in [2.75, 3.05) is 19.8 Å². The van der Waals surface area contributed by atoms with Crippen molar-refractivity contribution in [1.82, 2.24) is 0 Å². The van der Waals surface area contributed by atoms with Gasteiger partial charge in [-0.2, -0.15) is 0 Å². The van der Waals surface area contributed by atoms with Crippen LogP contribution in [-0.4, -0.2) is 30.8 Å². The van der Waals surface area contributed by atoms with Crippen molar-refractivity contribution in [3.63, 3.8) is 0 Å². The van der Waals surface area contributed by atoms with Gasteiger partial charge < -0.3 is 20.3 Å². The molecule has 0 spiro atoms. The van der Waals surface area contributed by atoms with E-state index in [0.29, 0.717) is 19.6 Å². The molecule has 3 N–H and O–H groups in total. The van der Waals surface area contributed by atoms with E-state index in [1.165, 1.54) is 0 Å². The summed E-state index contributed by atoms with van der Waals surface area (Å²) >= 11 is 0. The summed E-state index contributed by atoms with van der Waals surface area (Å²) < 4.78 is 11.1. The lowest BCUT2D eigenvalue weighted by molar-refractivity contribution is -0.141. The molecular weight excluding hydrogens is 270 g/mol. The molecule has 0 fully saturated rings. The molecule has 2 unspecified atom stereocenters. The monoisotopic (exact) mass is 295 g/mol. The van der Waals surface area contributed by atoms with Crippen LogP contribution in [0.4, 0.5) is 0 Å². The molecule has 0 aromatic heterocycles. The second-order valence-corrected chi connectivity index (χ2v) is 5.01. The average molecular weight is 295 g/mol. The Morgan fingerprint density at radius 2 is 1.71 bits per heavy atom. The zero-order valence-electron chi connectivity index (χ0n) is 13.0. The number of rotatable bonds is 9. The molecule has 0 aliphatic heterocycles. The molecule has 1 aromatic carbocycles. The summed E-state index contributed by atoms with van der Waals surface area (Å²) in [6, 6.07) is 5.72. The Morgan fingerprint density at radius 1 is 1.19 bits per heavy atom. The van der Waals surface area contributed by atoms with Gasteiger partial charge in [-0.05, 0) is 43.9 Å². The maximum atomic E-state index is 11.1. The highest BCUT2D eigenvalue weighted by Gasteiger charge is 2.20. The fraction of sp³-hybridized carbons (Fsp3) is 0.562. The lowest BCUT2D eigenvalue weighted by Gasteiger charge is -2.18. The molecule has 0 bridgehead atoms. The van der Waals surface area contributed by atoms with E-state index in [9.17, 15) is 4.79 Å². The molecule has 0 saturated heterocycles. The first kappa shape index (κ1) is 17.3. The second-order valence-electron chi connectivity index (χ2n) is 5.01. The van der Waals surface area contributed by atoms with Crippen molar-refractivity contribution in [3.05, 3.63) is 23.8 Å². The van der Waals surface area contributed by atoms with Gasteiger partial charge >= 0.3 is 5.97 Å². The third kappa shape index (κ3) is 5.27. The smallest absolute Gasteiger partial charge is 0.307 e. The third-order valence-corrected chi connectivity index (χ3v) is 3.37. The molecule has 0 amide bonds. The van der Waals surface area contributed by atoms with Crippen molar-refractivity contribution in [2.24, 2.45) is 11.7 Å². The fourth-order valence-corrected chi connectivity index (χ4v) is 2.24. The number of aliphatic carboxylic acids is 1. The molecule has 0 heterocycles. The zero-order chi connectivity index (χ0) is 15.8. The quantitative estimate of drug-likeness (QED) is 0.732. The predicted octanol–water partition coefficient (Wildman–Crippen LogP) is 2.64. The third-order valence-electron chi connectivity index (χ3n) is 3.37. The van der Waals surface area contributed by atoms with Gasteiger partial charge in [0.05, 0.1) is 19.1 Å². The first-order valence-electron chi connectivity index (χ1n) is 7.35. The Labute approximate surface area is 126 Å². The van der Waals surface area contributed by atoms with Gasteiger partial charge in [-0.15, -0.1) is 0 Å². The summed E-state index contributed by atoms with van der Waals surface area (Å²) in [5.74, 6) is 0.158. The van der Waals surface area contributed by atoms with Crippen LogP contribution in [0.2, 0.25) is 0 Å². The van der Waals surface area contributed by atoms with E-state index in [1.54, 1.807) is 0 Å². The van der Waals surface area contributed by atoms with Crippen LogP contribution in [-0.2, 0) is 4.79 Å². The minimum atomic E-state index is -0.852. The maximum absolute atomic E-state index is 11.1. The summed E-state index contributed by atoms with van der Waals surface area (Å²) in [5, 5.41) is 9.12. The normalized spacial score (nSPS) is 13.5. The van der Waals surface area contributed by atoms with Crippen molar-refractivity contribution >= 4 is 5.97 Å². The van der Waals surface area contributed by atoms with E-state index in [2.05, 4.69) is 0 Å². The van der Waals surface area contributed by atoms with E-state index in [0.717, 1.165) is 17.1 Å². The number of benzene rings is 1. The van der Waals surface area contributed by atoms with Gasteiger partial charge in [0.15, 0.2) is 0 Å². The Kier molecular flexibility index (Phi) is 7.02. The highest BCUT2D eigenvalue weighted by molar-refractivity contribution is 5.70. The summed E-state index contributed by atoms with van der Waals surface area (Å²) in [7, 11) is 0. The summed E-state index contributed by atoms with van der Waals surface area (Å²) in [5.41, 5.74) is 6.53. The number of nitrogens with two attached hydrogens (primary N) is 1. The van der Waals surface area contributed by atoms with E-state index in [1.807, 2.05) is 39.0 Å². The zero-order valence-corrected chi connectivity index (χ0v) is 13.0. The molecule has 5 heteroatoms. The van der Waals surface area contributed by atoms with Crippen LogP contribution >= 0.6 is 0 Å². The first-order valence-corrected chi connectivity index (χ1v) is 7.35. The minimum absolute atomic E-state index is 0.0641. The van der Waals surface area contributed by atoms with E-state index in [-0.39, 0.29) is 12.5 Å². The van der Waals surface area contributed by atoms with Crippen LogP contribution in [0.3, 0.4) is 0 Å². The maximum Gasteiger partial charge on any atom is 0.307 e. The molecule has 1 aromatic rings. The Morgan fingerprint density at radius 3 is 2.10 bits per heavy atom. The molecule has 118 valence electrons. The molecule has 0 aliphatic carbocycles. The minimum Gasteiger partial charge on any atom is -0.494 e. The van der Waals surface area contributed by atoms with Crippen molar-refractivity contribution in [2.45, 2.75) is 33.1 Å². The van der Waals surface area contributed by atoms with Crippen LogP contribution in [0.15, 0.2) is 18.2 Å². The molecule has 0 radical (unpaired) electrons. The van der Waals surface area contributed by atoms with Crippen LogP contribution in [0.5, 0.6) is 11.5 Å². The first-order chi connectivity index (χ1) is 10.0. The number of carboxylic acid groups (broad SMARTS) is 1. The topological polar surface area (TPSA) is 81.8 Å². The van der Waals surface area contributed by atoms with Crippen molar-refractivity contribution in [3.8, 4) is 11.5 Å². The number of carboxylic acids is 1. The van der Waals surface area contributed by atoms with Crippen LogP contribution in [0.1, 0.15) is 38.7 Å². The van der Waals surface area contributed by atoms with E-state index < -0.39 is 11.9 Å². The van der Waals surface area contributed by atoms with Crippen LogP contribution in [0.25, 0.3) is 0 Å². The Balaban J connectivity index is 2.95. The van der Waals surface area contributed by atoms with Gasteiger partial charge in [0, 0.05) is 12.6 Å². The van der Waals surface area contributed by atoms with Gasteiger partial charge in [0.1, 0.15) is 11.5 Å². The number of carbonyl (C=O) groups is 1. The molecule has 0 aliphatic rings. The summed E-state index contributed by atoms with van der Waals surface area (Å²) in [6.45, 7) is 7.13. The van der Waals surface area contributed by atoms with Gasteiger partial charge in [-0.3, -0.25) is 4.79 Å². The van der Waals surface area contributed by atoms with Gasteiger partial charge in [-0.25, -0.2) is 0 Å². The molecule has 5 nitrogen and oxygen atoms in total. The molecule has 21 heavy (non-hydrogen) atoms. The van der Waals surface area contributed by atoms with Crippen molar-refractivity contribution < 1.29 is 19.4 Å². The standard InChI is InChI=1S/C16H25NO4/c1-4-20-14-7-12(8-15(9-14)21-5-2)11(3)6-13(10-17)16(18)19/h7-9,11,13H,4-6,10,17H2,1-3H3,(H,18,19). The van der Waals surface area contributed by atoms with Crippen molar-refractivity contribution in [1.29, 1.82) is 0 Å². The second kappa shape index (κ2) is 8.52. The predicted molar refractivity (Wildman–Crippen MR) is 82.0 cm³/mol. The summed E-state index contributed by atoms with van der Waals surface area (Å²) in [6.07, 6.45) is 0.493. The number of ether oxygens (including phenoxy) is 2. The van der Waals surface area contributed by atoms with E-state index in [4.69, 9.17) is 20.3 Å². The Bertz CT molecular complexity index is 437. The molecule has 2 atom stereocenters. The number of hydrogen-bond donors (Lipinski definition) is 2. The van der Waals surface area contributed by atoms with Crippen LogP contribution in [0, 0.1) is 5.92 Å². The molecule has 0 saturated carbocycles. The summed E-state index contributed by atoms with van der Waals surface area (Å²) in [4.78, 5) is 11.1. The lowest BCUT2D eigenvalue weighted by Crippen LogP contribution is -2.24. The van der Waals surface area contributed by atoms with Crippen LogP contribution < -0.4 is 15.2 Å². The largest absolute Gasteiger partial charge is 0.494 e. The van der Waals surface area contributed by atoms with Gasteiger partial charge in [0.25, 0.3) is 0 Å². The highest BCUT2D eigenvalue weighted by atomic mass is 16.5. The molecular formula is C16H25NO4. The van der Waals surface area contributed by atoms with E-state index >= 15 is 0 Å². The number of hydrogen-bond acceptors (Lipinski definition) is 4. The average Bonchev–Trinajstić information content (AvgIpc) is 2.44.